The second kappa shape index (κ2) is 17.3. The Hall–Kier alpha value is -5.90. The molecule has 3 N–H and O–H groups in total. The SMILES string of the molecule is COC(=O)N[C@H](C(=O)N1CCC[C@H]1c1ncc(-c2ccc(C#Cc3ccc(C4=CN=C([C@@H]5[C@H]6CC[C@H](C6)N5C(=O)[C@@H](NC(=O)OC)C(C)C)C4)cc3)cc2)[nH]1)C(C)C. The second-order valence-corrected chi connectivity index (χ2v) is 16.4. The van der Waals surface area contributed by atoms with Gasteiger partial charge in [-0.1, -0.05) is 63.8 Å². The summed E-state index contributed by atoms with van der Waals surface area (Å²) >= 11 is 0. The van der Waals surface area contributed by atoms with E-state index in [9.17, 15) is 19.2 Å². The van der Waals surface area contributed by atoms with Crippen LogP contribution >= 0.6 is 0 Å². The number of aliphatic imine (C=N–C) groups is 1. The Morgan fingerprint density at radius 1 is 0.810 bits per heavy atom. The molecule has 1 saturated carbocycles. The van der Waals surface area contributed by atoms with Crippen LogP contribution < -0.4 is 10.6 Å². The van der Waals surface area contributed by atoms with Gasteiger partial charge in [0.2, 0.25) is 11.8 Å². The number of piperidine rings is 1. The molecular weight excluding hydrogens is 735 g/mol. The Morgan fingerprint density at radius 2 is 1.41 bits per heavy atom. The van der Waals surface area contributed by atoms with Crippen LogP contribution in [0, 0.1) is 29.6 Å². The zero-order valence-corrected chi connectivity index (χ0v) is 34.1. The fourth-order valence-corrected chi connectivity index (χ4v) is 8.89. The summed E-state index contributed by atoms with van der Waals surface area (Å²) in [5.41, 5.74) is 6.77. The smallest absolute Gasteiger partial charge is 0.407 e. The van der Waals surface area contributed by atoms with Gasteiger partial charge in [0, 0.05) is 42.0 Å². The Labute approximate surface area is 340 Å². The Bertz CT molecular complexity index is 2140. The molecule has 58 heavy (non-hydrogen) atoms. The van der Waals surface area contributed by atoms with Crippen LogP contribution in [0.2, 0.25) is 0 Å². The van der Waals surface area contributed by atoms with E-state index >= 15 is 0 Å². The summed E-state index contributed by atoms with van der Waals surface area (Å²) in [6.45, 7) is 8.27. The average molecular weight is 788 g/mol. The van der Waals surface area contributed by atoms with Crippen molar-refractivity contribution in [3.05, 3.63) is 83.4 Å². The van der Waals surface area contributed by atoms with E-state index in [4.69, 9.17) is 14.5 Å². The number of imidazole rings is 1. The van der Waals surface area contributed by atoms with Crippen molar-refractivity contribution in [3.63, 3.8) is 0 Å². The number of nitrogens with one attached hydrogen (secondary N) is 3. The zero-order valence-electron chi connectivity index (χ0n) is 34.1. The number of hydrogen-bond acceptors (Lipinski definition) is 8. The van der Waals surface area contributed by atoms with Gasteiger partial charge in [0.15, 0.2) is 0 Å². The van der Waals surface area contributed by atoms with Gasteiger partial charge in [0.05, 0.1) is 38.2 Å². The number of nitrogens with zero attached hydrogens (tertiary/aromatic N) is 4. The molecule has 2 aromatic carbocycles. The maximum absolute atomic E-state index is 13.9. The summed E-state index contributed by atoms with van der Waals surface area (Å²) in [6.07, 6.45) is 7.82. The van der Waals surface area contributed by atoms with E-state index in [1.54, 1.807) is 11.1 Å². The van der Waals surface area contributed by atoms with E-state index in [2.05, 4.69) is 44.6 Å². The van der Waals surface area contributed by atoms with E-state index in [1.807, 2.05) is 75.2 Å². The Balaban J connectivity index is 0.960. The van der Waals surface area contributed by atoms with Crippen LogP contribution in [-0.2, 0) is 19.1 Å². The topological polar surface area (TPSA) is 158 Å². The summed E-state index contributed by atoms with van der Waals surface area (Å²) in [5, 5.41) is 5.46. The number of allylic oxidation sites excluding steroid dienone is 1. The largest absolute Gasteiger partial charge is 0.453 e. The van der Waals surface area contributed by atoms with Gasteiger partial charge in [0.1, 0.15) is 17.9 Å². The lowest BCUT2D eigenvalue weighted by Crippen LogP contribution is -2.57. The van der Waals surface area contributed by atoms with Gasteiger partial charge in [-0.2, -0.15) is 0 Å². The predicted molar refractivity (Wildman–Crippen MR) is 220 cm³/mol. The van der Waals surface area contributed by atoms with Gasteiger partial charge >= 0.3 is 12.2 Å². The number of aromatic amines is 1. The van der Waals surface area contributed by atoms with Gasteiger partial charge in [-0.05, 0) is 90.8 Å². The first-order valence-corrected chi connectivity index (χ1v) is 20.3. The number of likely N-dealkylation sites (tertiary alicyclic amines) is 2. The van der Waals surface area contributed by atoms with Crippen LogP contribution in [0.1, 0.15) is 94.8 Å². The lowest BCUT2D eigenvalue weighted by molar-refractivity contribution is -0.137. The van der Waals surface area contributed by atoms with Gasteiger partial charge in [-0.25, -0.2) is 14.6 Å². The molecular formula is C45H53N7O6. The predicted octanol–water partition coefficient (Wildman–Crippen LogP) is 6.47. The van der Waals surface area contributed by atoms with Crippen LogP contribution in [0.25, 0.3) is 16.8 Å². The molecule has 1 aliphatic carbocycles. The monoisotopic (exact) mass is 787 g/mol. The molecule has 13 nitrogen and oxygen atoms in total. The Morgan fingerprint density at radius 3 is 2.02 bits per heavy atom. The maximum Gasteiger partial charge on any atom is 0.407 e. The van der Waals surface area contributed by atoms with E-state index in [0.717, 1.165) is 77.2 Å². The minimum Gasteiger partial charge on any atom is -0.453 e. The van der Waals surface area contributed by atoms with Gasteiger partial charge in [0.25, 0.3) is 0 Å². The Kier molecular flexibility index (Phi) is 12.0. The number of carbonyl (C=O) groups excluding carboxylic acids is 4. The van der Waals surface area contributed by atoms with E-state index in [1.165, 1.54) is 14.2 Å². The number of amides is 4. The molecule has 2 bridgehead atoms. The number of benzene rings is 2. The van der Waals surface area contributed by atoms with Crippen molar-refractivity contribution in [2.45, 2.75) is 96.4 Å². The molecule has 2 saturated heterocycles. The number of ether oxygens (including phenoxy) is 2. The first-order valence-electron chi connectivity index (χ1n) is 20.3. The molecule has 4 heterocycles. The van der Waals surface area contributed by atoms with Crippen molar-refractivity contribution in [2.75, 3.05) is 20.8 Å². The van der Waals surface area contributed by atoms with Crippen molar-refractivity contribution in [1.29, 1.82) is 0 Å². The number of carbonyl (C=O) groups is 4. The maximum atomic E-state index is 13.9. The van der Waals surface area contributed by atoms with Crippen molar-refractivity contribution < 1.29 is 28.7 Å². The average Bonchev–Trinajstić information content (AvgIpc) is 4.09. The number of aromatic nitrogens is 2. The highest BCUT2D eigenvalue weighted by Crippen LogP contribution is 2.45. The summed E-state index contributed by atoms with van der Waals surface area (Å²) in [7, 11) is 2.60. The van der Waals surface area contributed by atoms with Crippen molar-refractivity contribution in [3.8, 4) is 23.1 Å². The van der Waals surface area contributed by atoms with Crippen molar-refractivity contribution in [1.82, 2.24) is 30.4 Å². The van der Waals surface area contributed by atoms with Crippen LogP contribution in [0.4, 0.5) is 9.59 Å². The number of hydrogen-bond donors (Lipinski definition) is 3. The number of H-pyrrole nitrogens is 1. The minimum atomic E-state index is -0.687. The minimum absolute atomic E-state index is 0.0596. The van der Waals surface area contributed by atoms with Gasteiger partial charge < -0.3 is 34.9 Å². The molecule has 3 aliphatic heterocycles. The highest BCUT2D eigenvalue weighted by atomic mass is 16.5. The third kappa shape index (κ3) is 8.37. The summed E-state index contributed by atoms with van der Waals surface area (Å²) in [6, 6.07) is 14.7. The number of fused-ring (bicyclic) bond motifs is 2. The number of methoxy groups -OCH3 is 2. The third-order valence-electron chi connectivity index (χ3n) is 12.0. The molecule has 0 unspecified atom stereocenters. The molecule has 1 aromatic heterocycles. The fourth-order valence-electron chi connectivity index (χ4n) is 8.89. The summed E-state index contributed by atoms with van der Waals surface area (Å²) < 4.78 is 9.57. The zero-order chi connectivity index (χ0) is 41.1. The fraction of sp³-hybridized carbons (Fsp3) is 0.467. The van der Waals surface area contributed by atoms with E-state index in [-0.39, 0.29) is 41.8 Å². The molecule has 0 spiro atoms. The van der Waals surface area contributed by atoms with Crippen LogP contribution in [-0.4, -0.2) is 94.4 Å². The first kappa shape index (κ1) is 40.3. The van der Waals surface area contributed by atoms with Gasteiger partial charge in [-0.3, -0.25) is 14.6 Å². The number of rotatable bonds is 10. The molecule has 6 atom stereocenters. The molecule has 4 amide bonds. The molecule has 0 radical (unpaired) electrons. The highest BCUT2D eigenvalue weighted by Gasteiger charge is 2.52. The van der Waals surface area contributed by atoms with E-state index in [0.29, 0.717) is 18.9 Å². The van der Waals surface area contributed by atoms with Crippen LogP contribution in [0.5, 0.6) is 0 Å². The van der Waals surface area contributed by atoms with Crippen LogP contribution in [0.3, 0.4) is 0 Å². The standard InChI is InChI=1S/C45H53N7O6/c1-26(2)38(49-44(55)57-5)42(53)51-21-7-8-37(51)41-47-25-36(48-41)31-17-13-29(14-18-31)10-9-28-11-15-30(16-12-28)33-23-35(46-24-33)40-32-19-20-34(22-32)52(40)43(54)39(27(3)4)50-45(56)58-6/h11-18,24-27,32,34,37-40H,7-8,19-23H2,1-6H3,(H,47,48)(H,49,55)(H,50,56)/t32-,34+,37-,38-,39-,40-/m0/s1. The lowest BCUT2D eigenvalue weighted by Gasteiger charge is -2.38. The quantitative estimate of drug-likeness (QED) is 0.199. The van der Waals surface area contributed by atoms with Crippen LogP contribution in [0.15, 0.2) is 65.9 Å². The van der Waals surface area contributed by atoms with E-state index < -0.39 is 24.3 Å². The lowest BCUT2D eigenvalue weighted by atomic mass is 9.89. The molecule has 13 heteroatoms. The van der Waals surface area contributed by atoms with Crippen molar-refractivity contribution >= 4 is 35.3 Å². The molecule has 7 rings (SSSR count). The summed E-state index contributed by atoms with van der Waals surface area (Å²) in [5.74, 6) is 7.26. The highest BCUT2D eigenvalue weighted by molar-refractivity contribution is 6.04. The molecule has 4 aliphatic rings. The second-order valence-electron chi connectivity index (χ2n) is 16.4. The van der Waals surface area contributed by atoms with Crippen molar-refractivity contribution in [2.24, 2.45) is 22.7 Å². The molecule has 3 fully saturated rings. The third-order valence-corrected chi connectivity index (χ3v) is 12.0. The molecule has 304 valence electrons. The number of alkyl carbamates (subject to hydrolysis) is 2. The summed E-state index contributed by atoms with van der Waals surface area (Å²) in [4.78, 5) is 68.2. The van der Waals surface area contributed by atoms with Gasteiger partial charge in [-0.15, -0.1) is 0 Å². The molecule has 3 aromatic rings. The normalized spacial score (nSPS) is 21.9. The first-order chi connectivity index (χ1) is 27.9.